The summed E-state index contributed by atoms with van der Waals surface area (Å²) in [5, 5.41) is 5.84. The molecule has 1 heterocycles. The Kier molecular flexibility index (Phi) is 5.81. The van der Waals surface area contributed by atoms with Crippen molar-refractivity contribution in [2.45, 2.75) is 44.2 Å². The molecule has 0 bridgehead atoms. The molecule has 1 aliphatic heterocycles. The third kappa shape index (κ3) is 4.43. The van der Waals surface area contributed by atoms with Gasteiger partial charge in [-0.2, -0.15) is 0 Å². The van der Waals surface area contributed by atoms with Gasteiger partial charge in [-0.1, -0.05) is 25.0 Å². The van der Waals surface area contributed by atoms with E-state index in [0.29, 0.717) is 41.1 Å². The van der Waals surface area contributed by atoms with E-state index in [1.807, 2.05) is 12.1 Å². The number of nitrogens with zero attached hydrogens (tertiary/aromatic N) is 1. The maximum Gasteiger partial charge on any atom is 0.255 e. The lowest BCUT2D eigenvalue weighted by Gasteiger charge is -2.45. The molecule has 29 heavy (non-hydrogen) atoms. The topological polar surface area (TPSA) is 87.5 Å². The van der Waals surface area contributed by atoms with Crippen LogP contribution in [0.3, 0.4) is 0 Å². The van der Waals surface area contributed by atoms with Gasteiger partial charge in [0.15, 0.2) is 0 Å². The van der Waals surface area contributed by atoms with Crippen LogP contribution >= 0.6 is 0 Å². The third-order valence-electron chi connectivity index (χ3n) is 6.10. The molecule has 6 heteroatoms. The van der Waals surface area contributed by atoms with Gasteiger partial charge in [0.2, 0.25) is 0 Å². The number of hydrogen-bond donors (Lipinski definition) is 3. The summed E-state index contributed by atoms with van der Waals surface area (Å²) >= 11 is 0. The summed E-state index contributed by atoms with van der Waals surface area (Å²) in [4.78, 5) is 27.4. The summed E-state index contributed by atoms with van der Waals surface area (Å²) < 4.78 is 0. The predicted octanol–water partition coefficient (Wildman–Crippen LogP) is 3.27. The molecule has 1 unspecified atom stereocenters. The lowest BCUT2D eigenvalue weighted by atomic mass is 9.98. The Bertz CT molecular complexity index is 875. The zero-order valence-electron chi connectivity index (χ0n) is 16.6. The molecule has 2 fully saturated rings. The van der Waals surface area contributed by atoms with Crippen LogP contribution in [-0.4, -0.2) is 41.9 Å². The van der Waals surface area contributed by atoms with Gasteiger partial charge in [0.1, 0.15) is 0 Å². The van der Waals surface area contributed by atoms with Gasteiger partial charge in [-0.15, -0.1) is 0 Å². The summed E-state index contributed by atoms with van der Waals surface area (Å²) in [7, 11) is 0. The predicted molar refractivity (Wildman–Crippen MR) is 115 cm³/mol. The Morgan fingerprint density at radius 2 is 1.59 bits per heavy atom. The van der Waals surface area contributed by atoms with Crippen molar-refractivity contribution in [1.82, 2.24) is 10.2 Å². The number of anilines is 2. The first-order valence-corrected chi connectivity index (χ1v) is 10.4. The lowest BCUT2D eigenvalue weighted by Crippen LogP contribution is -2.56. The standard InChI is InChI=1S/C23H28N4O2/c24-20-7-3-4-8-21(20)26-23(29)17-11-9-16(10-12-17)22(28)25-15-19-13-14-27(19)18-5-1-2-6-18/h3-4,7-12,18-19H,1-2,5-6,13-15,24H2,(H,25,28)(H,26,29). The van der Waals surface area contributed by atoms with Crippen LogP contribution in [0.1, 0.15) is 52.8 Å². The Hall–Kier alpha value is -2.86. The second-order valence-corrected chi connectivity index (χ2v) is 7.95. The van der Waals surface area contributed by atoms with Gasteiger partial charge >= 0.3 is 0 Å². The maximum absolute atomic E-state index is 12.5. The van der Waals surface area contributed by atoms with Gasteiger partial charge in [-0.05, 0) is 55.7 Å². The zero-order chi connectivity index (χ0) is 20.2. The minimum Gasteiger partial charge on any atom is -0.397 e. The molecule has 0 aromatic heterocycles. The fourth-order valence-electron chi connectivity index (χ4n) is 4.29. The lowest BCUT2D eigenvalue weighted by molar-refractivity contribution is 0.0425. The van der Waals surface area contributed by atoms with E-state index in [4.69, 9.17) is 5.73 Å². The Labute approximate surface area is 171 Å². The summed E-state index contributed by atoms with van der Waals surface area (Å²) in [5.41, 5.74) is 8.00. The number of amides is 2. The number of nitrogens with two attached hydrogens (primary N) is 1. The Morgan fingerprint density at radius 1 is 0.931 bits per heavy atom. The molecule has 0 radical (unpaired) electrons. The Balaban J connectivity index is 1.30. The zero-order valence-corrected chi connectivity index (χ0v) is 16.6. The molecule has 1 saturated heterocycles. The van der Waals surface area contributed by atoms with Crippen LogP contribution in [0, 0.1) is 0 Å². The normalized spacial score (nSPS) is 19.5. The van der Waals surface area contributed by atoms with E-state index >= 15 is 0 Å². The van der Waals surface area contributed by atoms with E-state index in [2.05, 4.69) is 15.5 Å². The molecule has 1 atom stereocenters. The summed E-state index contributed by atoms with van der Waals surface area (Å²) in [6.45, 7) is 1.84. The van der Waals surface area contributed by atoms with Gasteiger partial charge in [-0.25, -0.2) is 0 Å². The van der Waals surface area contributed by atoms with Crippen molar-refractivity contribution in [3.8, 4) is 0 Å². The smallest absolute Gasteiger partial charge is 0.255 e. The molecule has 2 amide bonds. The molecular formula is C23H28N4O2. The first-order valence-electron chi connectivity index (χ1n) is 10.4. The summed E-state index contributed by atoms with van der Waals surface area (Å²) in [5.74, 6) is -0.348. The highest BCUT2D eigenvalue weighted by Gasteiger charge is 2.35. The van der Waals surface area contributed by atoms with E-state index in [-0.39, 0.29) is 11.8 Å². The van der Waals surface area contributed by atoms with Crippen LogP contribution in [0.2, 0.25) is 0 Å². The molecule has 152 valence electrons. The van der Waals surface area contributed by atoms with E-state index < -0.39 is 0 Å². The van der Waals surface area contributed by atoms with Gasteiger partial charge in [0.25, 0.3) is 11.8 Å². The molecule has 2 aromatic rings. The minimum atomic E-state index is -0.253. The van der Waals surface area contributed by atoms with E-state index in [9.17, 15) is 9.59 Å². The largest absolute Gasteiger partial charge is 0.397 e. The number of rotatable bonds is 6. The first kappa shape index (κ1) is 19.5. The fraction of sp³-hybridized carbons (Fsp3) is 0.391. The molecule has 4 N–H and O–H groups in total. The van der Waals surface area contributed by atoms with Gasteiger partial charge < -0.3 is 16.4 Å². The quantitative estimate of drug-likeness (QED) is 0.659. The van der Waals surface area contributed by atoms with Crippen molar-refractivity contribution in [2.75, 3.05) is 24.1 Å². The van der Waals surface area contributed by atoms with Crippen LogP contribution in [0.25, 0.3) is 0 Å². The molecule has 6 nitrogen and oxygen atoms in total. The number of nitrogens with one attached hydrogen (secondary N) is 2. The van der Waals surface area contributed by atoms with Crippen LogP contribution < -0.4 is 16.4 Å². The fourth-order valence-corrected chi connectivity index (χ4v) is 4.29. The van der Waals surface area contributed by atoms with Crippen molar-refractivity contribution >= 4 is 23.2 Å². The summed E-state index contributed by atoms with van der Waals surface area (Å²) in [6, 6.07) is 15.0. The second kappa shape index (κ2) is 8.66. The van der Waals surface area contributed by atoms with Crippen molar-refractivity contribution in [2.24, 2.45) is 0 Å². The van der Waals surface area contributed by atoms with Crippen LogP contribution in [0.4, 0.5) is 11.4 Å². The number of nitrogen functional groups attached to an aromatic ring is 1. The maximum atomic E-state index is 12.5. The molecule has 0 spiro atoms. The molecule has 1 saturated carbocycles. The minimum absolute atomic E-state index is 0.0949. The SMILES string of the molecule is Nc1ccccc1NC(=O)c1ccc(C(=O)NCC2CCN2C2CCCC2)cc1. The second-order valence-electron chi connectivity index (χ2n) is 7.95. The third-order valence-corrected chi connectivity index (χ3v) is 6.10. The van der Waals surface area contributed by atoms with Gasteiger partial charge in [-0.3, -0.25) is 14.5 Å². The van der Waals surface area contributed by atoms with Crippen molar-refractivity contribution in [3.63, 3.8) is 0 Å². The highest BCUT2D eigenvalue weighted by Crippen LogP contribution is 2.30. The van der Waals surface area contributed by atoms with Crippen LogP contribution in [0.5, 0.6) is 0 Å². The van der Waals surface area contributed by atoms with Gasteiger partial charge in [0.05, 0.1) is 11.4 Å². The average molecular weight is 393 g/mol. The number of carbonyl (C=O) groups excluding carboxylic acids is 2. The van der Waals surface area contributed by atoms with Crippen molar-refractivity contribution in [3.05, 3.63) is 59.7 Å². The molecule has 1 aliphatic carbocycles. The first-order chi connectivity index (χ1) is 14.1. The van der Waals surface area contributed by atoms with E-state index in [0.717, 1.165) is 13.0 Å². The molecule has 4 rings (SSSR count). The number of para-hydroxylation sites is 2. The van der Waals surface area contributed by atoms with Crippen LogP contribution in [-0.2, 0) is 0 Å². The van der Waals surface area contributed by atoms with Crippen LogP contribution in [0.15, 0.2) is 48.5 Å². The van der Waals surface area contributed by atoms with Crippen molar-refractivity contribution in [1.29, 1.82) is 0 Å². The highest BCUT2D eigenvalue weighted by molar-refractivity contribution is 6.06. The highest BCUT2D eigenvalue weighted by atomic mass is 16.2. The number of likely N-dealkylation sites (tertiary alicyclic amines) is 1. The van der Waals surface area contributed by atoms with Crippen molar-refractivity contribution < 1.29 is 9.59 Å². The molecule has 2 aliphatic rings. The number of hydrogen-bond acceptors (Lipinski definition) is 4. The number of carbonyl (C=O) groups is 2. The van der Waals surface area contributed by atoms with E-state index in [1.165, 1.54) is 25.7 Å². The average Bonchev–Trinajstić information content (AvgIpc) is 3.23. The van der Waals surface area contributed by atoms with Gasteiger partial charge in [0, 0.05) is 36.3 Å². The number of benzene rings is 2. The summed E-state index contributed by atoms with van der Waals surface area (Å²) in [6.07, 6.45) is 6.40. The van der Waals surface area contributed by atoms with E-state index in [1.54, 1.807) is 36.4 Å². The monoisotopic (exact) mass is 392 g/mol. The molecular weight excluding hydrogens is 364 g/mol. The Morgan fingerprint density at radius 3 is 2.21 bits per heavy atom. The molecule has 2 aromatic carbocycles.